The number of tetrazole rings is 1. The number of benzene rings is 1. The average Bonchev–Trinajstić information content (AvgIpc) is 2.69. The van der Waals surface area contributed by atoms with Crippen LogP contribution in [0.3, 0.4) is 0 Å². The predicted molar refractivity (Wildman–Crippen MR) is 62.1 cm³/mol. The van der Waals surface area contributed by atoms with E-state index in [1.54, 1.807) is 11.6 Å². The second kappa shape index (κ2) is 3.62. The van der Waals surface area contributed by atoms with Crippen LogP contribution in [0.5, 0.6) is 0 Å². The van der Waals surface area contributed by atoms with Crippen molar-refractivity contribution in [1.29, 1.82) is 0 Å². The highest BCUT2D eigenvalue weighted by atomic mass is 15.6. The Morgan fingerprint density at radius 1 is 1.18 bits per heavy atom. The van der Waals surface area contributed by atoms with Crippen molar-refractivity contribution in [1.82, 2.24) is 20.1 Å². The van der Waals surface area contributed by atoms with Crippen molar-refractivity contribution >= 4 is 5.78 Å². The maximum atomic E-state index is 4.35. The summed E-state index contributed by atoms with van der Waals surface area (Å²) in [4.78, 5) is 5.87. The molecule has 17 heavy (non-hydrogen) atoms. The molecule has 0 fully saturated rings. The Morgan fingerprint density at radius 3 is 2.71 bits per heavy atom. The smallest absolute Gasteiger partial charge is 0.105 e. The van der Waals surface area contributed by atoms with Crippen LogP contribution in [0, 0.1) is 6.92 Å². The molecule has 5 heteroatoms. The third kappa shape index (κ3) is 1.65. The Bertz CT molecular complexity index is 672. The van der Waals surface area contributed by atoms with Gasteiger partial charge in [-0.3, -0.25) is 0 Å². The Balaban J connectivity index is 2.35. The number of hydrogen-bond donors (Lipinski definition) is 0. The van der Waals surface area contributed by atoms with Gasteiger partial charge in [0.1, 0.15) is 18.4 Å². The quantitative estimate of drug-likeness (QED) is 0.580. The second-order valence-corrected chi connectivity index (χ2v) is 3.94. The van der Waals surface area contributed by atoms with Gasteiger partial charge in [0.15, 0.2) is 0 Å². The largest absolute Gasteiger partial charge is 0.440 e. The van der Waals surface area contributed by atoms with Gasteiger partial charge < -0.3 is 0 Å². The van der Waals surface area contributed by atoms with Crippen LogP contribution >= 0.6 is 0 Å². The Morgan fingerprint density at radius 2 is 1.94 bits per heavy atom. The monoisotopic (exact) mass is 226 g/mol. The van der Waals surface area contributed by atoms with E-state index >= 15 is 0 Å². The molecule has 0 atom stereocenters. The molecule has 0 saturated carbocycles. The first-order valence-electron chi connectivity index (χ1n) is 5.40. The minimum atomic E-state index is 0.617. The number of hydrogen-bond acceptors (Lipinski definition) is 3. The van der Waals surface area contributed by atoms with Gasteiger partial charge in [0, 0.05) is 16.8 Å². The number of aryl methyl sites for hydroxylation is 2. The van der Waals surface area contributed by atoms with Crippen LogP contribution in [0.1, 0.15) is 5.69 Å². The van der Waals surface area contributed by atoms with Gasteiger partial charge in [-0.15, -0.1) is 4.98 Å². The van der Waals surface area contributed by atoms with Gasteiger partial charge in [-0.25, -0.2) is 0 Å². The van der Waals surface area contributed by atoms with E-state index in [4.69, 9.17) is 0 Å². The molecule has 0 aliphatic carbocycles. The van der Waals surface area contributed by atoms with Crippen molar-refractivity contribution in [2.24, 2.45) is 7.05 Å². The predicted octanol–water partition coefficient (Wildman–Crippen LogP) is 0.924. The molecular weight excluding hydrogens is 214 g/mol. The summed E-state index contributed by atoms with van der Waals surface area (Å²) in [7, 11) is 1.79. The molecule has 0 saturated heterocycles. The Kier molecular flexibility index (Phi) is 2.11. The molecule has 1 aromatic carbocycles. The normalized spacial score (nSPS) is 10.9. The van der Waals surface area contributed by atoms with Crippen molar-refractivity contribution in [3.8, 4) is 11.3 Å². The summed E-state index contributed by atoms with van der Waals surface area (Å²) in [6.45, 7) is 1.96. The lowest BCUT2D eigenvalue weighted by atomic mass is 10.1. The van der Waals surface area contributed by atoms with Gasteiger partial charge in [0.2, 0.25) is 0 Å². The summed E-state index contributed by atoms with van der Waals surface area (Å²) in [5.41, 5.74) is 3.04. The Labute approximate surface area is 98.3 Å². The van der Waals surface area contributed by atoms with E-state index in [9.17, 15) is 0 Å². The molecule has 5 nitrogen and oxygen atoms in total. The summed E-state index contributed by atoms with van der Waals surface area (Å²) in [5, 5.41) is 8.51. The third-order valence-corrected chi connectivity index (χ3v) is 2.56. The maximum absolute atomic E-state index is 4.35. The van der Waals surface area contributed by atoms with Crippen LogP contribution in [0.15, 0.2) is 36.4 Å². The number of fused-ring (bicyclic) bond motifs is 1. The molecule has 3 aromatic rings. The van der Waals surface area contributed by atoms with E-state index in [0.29, 0.717) is 5.78 Å². The zero-order chi connectivity index (χ0) is 11.8. The van der Waals surface area contributed by atoms with Crippen LogP contribution < -0.4 is 4.52 Å². The molecule has 0 amide bonds. The van der Waals surface area contributed by atoms with Gasteiger partial charge in [0.25, 0.3) is 0 Å². The highest BCUT2D eigenvalue weighted by molar-refractivity contribution is 5.56. The lowest BCUT2D eigenvalue weighted by Gasteiger charge is -1.99. The lowest BCUT2D eigenvalue weighted by molar-refractivity contribution is -0.575. The summed E-state index contributed by atoms with van der Waals surface area (Å²) in [6, 6.07) is 12.1. The standard InChI is InChI=1S/C12H12N5/c1-9-8-11(10-6-4-3-5-7-10)17-12(13-9)14-16(2)15-17/h3-8H,1-2H3/q+1. The Hall–Kier alpha value is -2.30. The second-order valence-electron chi connectivity index (χ2n) is 3.94. The first-order valence-corrected chi connectivity index (χ1v) is 5.40. The zero-order valence-electron chi connectivity index (χ0n) is 9.70. The fourth-order valence-electron chi connectivity index (χ4n) is 1.85. The lowest BCUT2D eigenvalue weighted by Crippen LogP contribution is -2.29. The van der Waals surface area contributed by atoms with Gasteiger partial charge in [0.05, 0.1) is 5.10 Å². The van der Waals surface area contributed by atoms with Crippen LogP contribution in [0.2, 0.25) is 0 Å². The molecule has 0 radical (unpaired) electrons. The molecule has 84 valence electrons. The van der Waals surface area contributed by atoms with Gasteiger partial charge in [-0.05, 0) is 6.92 Å². The van der Waals surface area contributed by atoms with E-state index < -0.39 is 0 Å². The van der Waals surface area contributed by atoms with Crippen molar-refractivity contribution in [2.45, 2.75) is 6.92 Å². The van der Waals surface area contributed by atoms with Gasteiger partial charge in [-0.1, -0.05) is 39.6 Å². The minimum Gasteiger partial charge on any atom is -0.105 e. The molecule has 0 N–H and O–H groups in total. The van der Waals surface area contributed by atoms with Crippen molar-refractivity contribution in [2.75, 3.05) is 0 Å². The van der Waals surface area contributed by atoms with Gasteiger partial charge in [-0.2, -0.15) is 0 Å². The first-order chi connectivity index (χ1) is 8.24. The van der Waals surface area contributed by atoms with Crippen LogP contribution in [-0.2, 0) is 7.05 Å². The summed E-state index contributed by atoms with van der Waals surface area (Å²) < 4.78 is 1.75. The van der Waals surface area contributed by atoms with Crippen LogP contribution in [0.25, 0.3) is 17.0 Å². The van der Waals surface area contributed by atoms with E-state index in [1.165, 1.54) is 4.80 Å². The first kappa shape index (κ1) is 9.89. The summed E-state index contributed by atoms with van der Waals surface area (Å²) in [6.07, 6.45) is 0. The summed E-state index contributed by atoms with van der Waals surface area (Å²) in [5.74, 6) is 0.617. The molecule has 0 bridgehead atoms. The van der Waals surface area contributed by atoms with Crippen LogP contribution in [-0.4, -0.2) is 20.1 Å². The fourth-order valence-corrected chi connectivity index (χ4v) is 1.85. The molecule has 0 aliphatic rings. The highest BCUT2D eigenvalue weighted by Gasteiger charge is 2.16. The molecule has 2 aromatic heterocycles. The van der Waals surface area contributed by atoms with E-state index in [2.05, 4.69) is 27.4 Å². The third-order valence-electron chi connectivity index (χ3n) is 2.56. The SMILES string of the molecule is Cc1cc(-c2ccccc2)[n+]2nn(C)nc2n1. The number of aromatic nitrogens is 5. The molecule has 0 aliphatic heterocycles. The van der Waals surface area contributed by atoms with E-state index in [1.807, 2.05) is 31.2 Å². The number of nitrogens with zero attached hydrogens (tertiary/aromatic N) is 5. The molecule has 0 unspecified atom stereocenters. The highest BCUT2D eigenvalue weighted by Crippen LogP contribution is 2.14. The van der Waals surface area contributed by atoms with E-state index in [0.717, 1.165) is 17.0 Å². The van der Waals surface area contributed by atoms with E-state index in [-0.39, 0.29) is 0 Å². The maximum Gasteiger partial charge on any atom is 0.440 e. The molecule has 0 spiro atoms. The topological polar surface area (TPSA) is 47.7 Å². The molecule has 3 rings (SSSR count). The minimum absolute atomic E-state index is 0.617. The molecular formula is C12H12N5+. The summed E-state index contributed by atoms with van der Waals surface area (Å²) >= 11 is 0. The fraction of sp³-hybridized carbons (Fsp3) is 0.167. The van der Waals surface area contributed by atoms with Crippen molar-refractivity contribution in [3.05, 3.63) is 42.1 Å². The van der Waals surface area contributed by atoms with Crippen molar-refractivity contribution < 1.29 is 4.52 Å². The average molecular weight is 226 g/mol. The van der Waals surface area contributed by atoms with Crippen molar-refractivity contribution in [3.63, 3.8) is 0 Å². The van der Waals surface area contributed by atoms with Gasteiger partial charge >= 0.3 is 5.78 Å². The zero-order valence-corrected chi connectivity index (χ0v) is 9.70. The molecule has 2 heterocycles. The van der Waals surface area contributed by atoms with Crippen LogP contribution in [0.4, 0.5) is 0 Å². The number of rotatable bonds is 1.